The Balaban J connectivity index is 2.13. The van der Waals surface area contributed by atoms with Gasteiger partial charge in [-0.05, 0) is 46.8 Å². The molecule has 1 aromatic rings. The first-order valence-corrected chi connectivity index (χ1v) is 6.55. The first-order valence-electron chi connectivity index (χ1n) is 5.22. The summed E-state index contributed by atoms with van der Waals surface area (Å²) in [6.07, 6.45) is 4.29. The van der Waals surface area contributed by atoms with Crippen LogP contribution in [0, 0.1) is 5.92 Å². The number of hydrogen-bond acceptors (Lipinski definition) is 2. The van der Waals surface area contributed by atoms with Crippen molar-refractivity contribution in [3.8, 4) is 0 Å². The van der Waals surface area contributed by atoms with Crippen LogP contribution >= 0.6 is 27.5 Å². The quantitative estimate of drug-likeness (QED) is 0.777. The molecule has 0 aromatic carbocycles. The zero-order valence-electron chi connectivity index (χ0n) is 8.50. The van der Waals surface area contributed by atoms with Crippen molar-refractivity contribution in [1.82, 2.24) is 4.98 Å². The minimum Gasteiger partial charge on any atom is -0.355 e. The largest absolute Gasteiger partial charge is 0.355 e. The lowest BCUT2D eigenvalue weighted by Gasteiger charge is -2.33. The molecule has 0 radical (unpaired) electrons. The molecule has 0 saturated carbocycles. The fraction of sp³-hybridized carbons (Fsp3) is 0.545. The van der Waals surface area contributed by atoms with E-state index in [4.69, 9.17) is 11.6 Å². The Morgan fingerprint density at radius 2 is 2.47 bits per heavy atom. The van der Waals surface area contributed by atoms with Crippen molar-refractivity contribution in [2.24, 2.45) is 5.92 Å². The third kappa shape index (κ3) is 2.64. The van der Waals surface area contributed by atoms with Gasteiger partial charge >= 0.3 is 0 Å². The van der Waals surface area contributed by atoms with E-state index in [0.717, 1.165) is 29.3 Å². The van der Waals surface area contributed by atoms with E-state index in [1.807, 2.05) is 18.3 Å². The molecule has 2 heterocycles. The predicted molar refractivity (Wildman–Crippen MR) is 67.6 cm³/mol. The van der Waals surface area contributed by atoms with Crippen LogP contribution in [0.4, 0.5) is 5.82 Å². The van der Waals surface area contributed by atoms with Crippen molar-refractivity contribution in [3.05, 3.63) is 22.8 Å². The Labute approximate surface area is 104 Å². The summed E-state index contributed by atoms with van der Waals surface area (Å²) < 4.78 is 1.07. The zero-order chi connectivity index (χ0) is 10.7. The molecular formula is C11H14BrClN2. The van der Waals surface area contributed by atoms with Gasteiger partial charge in [-0.15, -0.1) is 11.6 Å². The highest BCUT2D eigenvalue weighted by Crippen LogP contribution is 2.27. The topological polar surface area (TPSA) is 16.1 Å². The molecule has 15 heavy (non-hydrogen) atoms. The van der Waals surface area contributed by atoms with Gasteiger partial charge in [0, 0.05) is 25.2 Å². The van der Waals surface area contributed by atoms with Gasteiger partial charge in [-0.3, -0.25) is 0 Å². The molecule has 1 unspecified atom stereocenters. The Morgan fingerprint density at radius 1 is 1.60 bits per heavy atom. The lowest BCUT2D eigenvalue weighted by molar-refractivity contribution is 0.448. The SMILES string of the molecule is ClCC1CCCN(c2ncccc2Br)C1. The average molecular weight is 290 g/mol. The molecule has 2 nitrogen and oxygen atoms in total. The van der Waals surface area contributed by atoms with E-state index in [-0.39, 0.29) is 0 Å². The summed E-state index contributed by atoms with van der Waals surface area (Å²) in [5.74, 6) is 2.41. The molecule has 0 amide bonds. The van der Waals surface area contributed by atoms with Crippen molar-refractivity contribution >= 4 is 33.3 Å². The smallest absolute Gasteiger partial charge is 0.142 e. The summed E-state index contributed by atoms with van der Waals surface area (Å²) in [5, 5.41) is 0. The van der Waals surface area contributed by atoms with Gasteiger partial charge in [0.15, 0.2) is 0 Å². The van der Waals surface area contributed by atoms with E-state index in [0.29, 0.717) is 5.92 Å². The number of anilines is 1. The number of nitrogens with zero attached hydrogens (tertiary/aromatic N) is 2. The van der Waals surface area contributed by atoms with Gasteiger partial charge in [0.25, 0.3) is 0 Å². The second kappa shape index (κ2) is 5.17. The molecule has 1 aliphatic rings. The van der Waals surface area contributed by atoms with Crippen LogP contribution in [0.5, 0.6) is 0 Å². The summed E-state index contributed by atoms with van der Waals surface area (Å²) in [6, 6.07) is 3.98. The highest BCUT2D eigenvalue weighted by molar-refractivity contribution is 9.10. The molecule has 0 bridgehead atoms. The zero-order valence-corrected chi connectivity index (χ0v) is 10.8. The molecule has 1 atom stereocenters. The Morgan fingerprint density at radius 3 is 3.20 bits per heavy atom. The van der Waals surface area contributed by atoms with Gasteiger partial charge in [0.1, 0.15) is 5.82 Å². The number of piperidine rings is 1. The Kier molecular flexibility index (Phi) is 3.87. The second-order valence-corrected chi connectivity index (χ2v) is 5.08. The van der Waals surface area contributed by atoms with Crippen LogP contribution < -0.4 is 4.90 Å². The maximum absolute atomic E-state index is 5.91. The lowest BCUT2D eigenvalue weighted by Crippen LogP contribution is -2.36. The molecule has 1 aromatic heterocycles. The predicted octanol–water partition coefficient (Wildman–Crippen LogP) is 3.30. The van der Waals surface area contributed by atoms with Crippen LogP contribution in [-0.2, 0) is 0 Å². The molecule has 82 valence electrons. The number of aromatic nitrogens is 1. The summed E-state index contributed by atoms with van der Waals surface area (Å²) in [4.78, 5) is 6.73. The number of alkyl halides is 1. The fourth-order valence-electron chi connectivity index (χ4n) is 1.99. The molecule has 1 aliphatic heterocycles. The molecule has 1 saturated heterocycles. The van der Waals surface area contributed by atoms with E-state index in [2.05, 4.69) is 25.8 Å². The van der Waals surface area contributed by atoms with Crippen molar-refractivity contribution in [3.63, 3.8) is 0 Å². The van der Waals surface area contributed by atoms with Gasteiger partial charge in [-0.25, -0.2) is 4.98 Å². The van der Waals surface area contributed by atoms with E-state index in [9.17, 15) is 0 Å². The van der Waals surface area contributed by atoms with Gasteiger partial charge in [0.05, 0.1) is 4.47 Å². The third-order valence-electron chi connectivity index (χ3n) is 2.78. The molecule has 0 spiro atoms. The summed E-state index contributed by atoms with van der Waals surface area (Å²) in [7, 11) is 0. The maximum Gasteiger partial charge on any atom is 0.142 e. The Bertz CT molecular complexity index is 332. The van der Waals surface area contributed by atoms with Gasteiger partial charge < -0.3 is 4.90 Å². The second-order valence-electron chi connectivity index (χ2n) is 3.92. The van der Waals surface area contributed by atoms with E-state index in [1.165, 1.54) is 12.8 Å². The fourth-order valence-corrected chi connectivity index (χ4v) is 2.75. The van der Waals surface area contributed by atoms with Crippen LogP contribution in [-0.4, -0.2) is 24.0 Å². The van der Waals surface area contributed by atoms with Crippen LogP contribution in [0.3, 0.4) is 0 Å². The van der Waals surface area contributed by atoms with E-state index < -0.39 is 0 Å². The monoisotopic (exact) mass is 288 g/mol. The first kappa shape index (κ1) is 11.2. The van der Waals surface area contributed by atoms with Crippen LogP contribution in [0.1, 0.15) is 12.8 Å². The number of pyridine rings is 1. The minimum absolute atomic E-state index is 0.606. The van der Waals surface area contributed by atoms with Crippen LogP contribution in [0.25, 0.3) is 0 Å². The molecule has 4 heteroatoms. The lowest BCUT2D eigenvalue weighted by atomic mass is 10.0. The number of rotatable bonds is 2. The van der Waals surface area contributed by atoms with Crippen LogP contribution in [0.2, 0.25) is 0 Å². The number of hydrogen-bond donors (Lipinski definition) is 0. The highest BCUT2D eigenvalue weighted by Gasteiger charge is 2.21. The van der Waals surface area contributed by atoms with Gasteiger partial charge in [-0.2, -0.15) is 0 Å². The summed E-state index contributed by atoms with van der Waals surface area (Å²) in [5.41, 5.74) is 0. The average Bonchev–Trinajstić information content (AvgIpc) is 2.30. The molecule has 1 fully saturated rings. The van der Waals surface area contributed by atoms with Crippen molar-refractivity contribution in [2.45, 2.75) is 12.8 Å². The molecular weight excluding hydrogens is 275 g/mol. The molecule has 2 rings (SSSR count). The summed E-state index contributed by atoms with van der Waals surface area (Å²) >= 11 is 9.45. The van der Waals surface area contributed by atoms with Crippen molar-refractivity contribution in [1.29, 1.82) is 0 Å². The normalized spacial score (nSPS) is 21.7. The minimum atomic E-state index is 0.606. The van der Waals surface area contributed by atoms with E-state index >= 15 is 0 Å². The van der Waals surface area contributed by atoms with Crippen LogP contribution in [0.15, 0.2) is 22.8 Å². The van der Waals surface area contributed by atoms with Gasteiger partial charge in [0.2, 0.25) is 0 Å². The summed E-state index contributed by atoms with van der Waals surface area (Å²) in [6.45, 7) is 2.11. The standard InChI is InChI=1S/C11H14BrClN2/c12-10-4-1-5-14-11(10)15-6-2-3-9(7-13)8-15/h1,4-5,9H,2-3,6-8H2. The number of halogens is 2. The Hall–Kier alpha value is -0.280. The highest BCUT2D eigenvalue weighted by atomic mass is 79.9. The molecule has 0 N–H and O–H groups in total. The molecule has 0 aliphatic carbocycles. The first-order chi connectivity index (χ1) is 7.31. The van der Waals surface area contributed by atoms with Gasteiger partial charge in [-0.1, -0.05) is 0 Å². The van der Waals surface area contributed by atoms with E-state index in [1.54, 1.807) is 0 Å². The third-order valence-corrected chi connectivity index (χ3v) is 3.83. The van der Waals surface area contributed by atoms with Crippen molar-refractivity contribution < 1.29 is 0 Å². The van der Waals surface area contributed by atoms with Crippen molar-refractivity contribution in [2.75, 3.05) is 23.9 Å². The maximum atomic E-state index is 5.91.